The molecule has 0 aliphatic rings. The Labute approximate surface area is 106 Å². The smallest absolute Gasteiger partial charge is 0.119 e. The molecule has 0 bridgehead atoms. The van der Waals surface area contributed by atoms with Gasteiger partial charge in [-0.25, -0.2) is 0 Å². The van der Waals surface area contributed by atoms with E-state index >= 15 is 0 Å². The van der Waals surface area contributed by atoms with Crippen molar-refractivity contribution in [2.24, 2.45) is 0 Å². The largest absolute Gasteiger partial charge is 0.489 e. The van der Waals surface area contributed by atoms with Crippen LogP contribution in [-0.4, -0.2) is 0 Å². The van der Waals surface area contributed by atoms with E-state index in [0.29, 0.717) is 11.6 Å². The second-order valence-electron chi connectivity index (χ2n) is 3.69. The summed E-state index contributed by atoms with van der Waals surface area (Å²) >= 11 is 5.80. The minimum Gasteiger partial charge on any atom is -0.489 e. The molecule has 0 N–H and O–H groups in total. The summed E-state index contributed by atoms with van der Waals surface area (Å²) in [6, 6.07) is 15.5. The van der Waals surface area contributed by atoms with Crippen molar-refractivity contribution in [1.82, 2.24) is 0 Å². The molecular formula is C15H13ClO. The molecule has 0 aliphatic heterocycles. The van der Waals surface area contributed by atoms with Crippen molar-refractivity contribution < 1.29 is 4.74 Å². The zero-order valence-electron chi connectivity index (χ0n) is 9.40. The number of hydrogen-bond acceptors (Lipinski definition) is 1. The van der Waals surface area contributed by atoms with E-state index in [0.717, 1.165) is 16.9 Å². The van der Waals surface area contributed by atoms with Gasteiger partial charge in [-0.2, -0.15) is 0 Å². The third kappa shape index (κ3) is 3.36. The maximum Gasteiger partial charge on any atom is 0.119 e. The number of rotatable bonds is 4. The van der Waals surface area contributed by atoms with Crippen molar-refractivity contribution in [3.8, 4) is 5.75 Å². The first kappa shape index (κ1) is 11.7. The second-order valence-corrected chi connectivity index (χ2v) is 4.12. The van der Waals surface area contributed by atoms with Crippen LogP contribution < -0.4 is 4.74 Å². The molecule has 2 aromatic carbocycles. The van der Waals surface area contributed by atoms with E-state index in [9.17, 15) is 0 Å². The summed E-state index contributed by atoms with van der Waals surface area (Å²) in [6.45, 7) is 4.27. The first-order valence-corrected chi connectivity index (χ1v) is 5.75. The van der Waals surface area contributed by atoms with Crippen molar-refractivity contribution in [2.45, 2.75) is 6.61 Å². The van der Waals surface area contributed by atoms with Crippen LogP contribution in [0.4, 0.5) is 0 Å². The molecule has 0 aliphatic carbocycles. The molecule has 0 spiro atoms. The van der Waals surface area contributed by atoms with Crippen LogP contribution in [0.5, 0.6) is 5.75 Å². The molecule has 2 aromatic rings. The minimum atomic E-state index is 0.555. The van der Waals surface area contributed by atoms with Crippen LogP contribution in [0.2, 0.25) is 5.02 Å². The first-order chi connectivity index (χ1) is 8.28. The molecule has 0 radical (unpaired) electrons. The van der Waals surface area contributed by atoms with Gasteiger partial charge in [-0.15, -0.1) is 0 Å². The Kier molecular flexibility index (Phi) is 3.84. The van der Waals surface area contributed by atoms with Gasteiger partial charge in [-0.1, -0.05) is 48.5 Å². The second kappa shape index (κ2) is 5.55. The molecule has 1 nitrogen and oxygen atoms in total. The van der Waals surface area contributed by atoms with Gasteiger partial charge in [0.1, 0.15) is 12.4 Å². The zero-order chi connectivity index (χ0) is 12.1. The Balaban J connectivity index is 1.97. The Hall–Kier alpha value is -1.73. The van der Waals surface area contributed by atoms with Gasteiger partial charge in [-0.05, 0) is 35.4 Å². The minimum absolute atomic E-state index is 0.555. The monoisotopic (exact) mass is 244 g/mol. The van der Waals surface area contributed by atoms with Gasteiger partial charge in [-0.3, -0.25) is 0 Å². The molecule has 0 unspecified atom stereocenters. The maximum atomic E-state index is 5.80. The molecule has 0 amide bonds. The van der Waals surface area contributed by atoms with Gasteiger partial charge >= 0.3 is 0 Å². The fourth-order valence-corrected chi connectivity index (χ4v) is 1.57. The summed E-state index contributed by atoms with van der Waals surface area (Å²) in [5.41, 5.74) is 2.24. The van der Waals surface area contributed by atoms with E-state index in [-0.39, 0.29) is 0 Å². The molecule has 17 heavy (non-hydrogen) atoms. The highest BCUT2D eigenvalue weighted by Gasteiger charge is 1.96. The molecule has 0 saturated heterocycles. The highest BCUT2D eigenvalue weighted by Crippen LogP contribution is 2.17. The average molecular weight is 245 g/mol. The van der Waals surface area contributed by atoms with Crippen LogP contribution in [0.3, 0.4) is 0 Å². The summed E-state index contributed by atoms with van der Waals surface area (Å²) in [5.74, 6) is 0.821. The summed E-state index contributed by atoms with van der Waals surface area (Å²) in [6.07, 6.45) is 1.82. The van der Waals surface area contributed by atoms with Crippen molar-refractivity contribution in [3.05, 3.63) is 71.3 Å². The summed E-state index contributed by atoms with van der Waals surface area (Å²) in [5, 5.41) is 0.715. The zero-order valence-corrected chi connectivity index (χ0v) is 10.2. The molecular weight excluding hydrogens is 232 g/mol. The van der Waals surface area contributed by atoms with Crippen molar-refractivity contribution in [3.63, 3.8) is 0 Å². The van der Waals surface area contributed by atoms with Gasteiger partial charge in [0.25, 0.3) is 0 Å². The predicted molar refractivity (Wildman–Crippen MR) is 72.3 cm³/mol. The van der Waals surface area contributed by atoms with Crippen LogP contribution >= 0.6 is 11.6 Å². The maximum absolute atomic E-state index is 5.80. The Morgan fingerprint density at radius 1 is 1.00 bits per heavy atom. The van der Waals surface area contributed by atoms with E-state index in [1.807, 2.05) is 54.6 Å². The normalized spacial score (nSPS) is 9.94. The lowest BCUT2D eigenvalue weighted by Gasteiger charge is -2.06. The van der Waals surface area contributed by atoms with Crippen molar-refractivity contribution in [1.29, 1.82) is 0 Å². The van der Waals surface area contributed by atoms with Crippen LogP contribution in [0.25, 0.3) is 6.08 Å². The number of halogens is 1. The highest BCUT2D eigenvalue weighted by atomic mass is 35.5. The van der Waals surface area contributed by atoms with E-state index in [4.69, 9.17) is 16.3 Å². The fourth-order valence-electron chi connectivity index (χ4n) is 1.45. The average Bonchev–Trinajstić information content (AvgIpc) is 2.39. The number of benzene rings is 2. The first-order valence-electron chi connectivity index (χ1n) is 5.37. The molecule has 0 aromatic heterocycles. The van der Waals surface area contributed by atoms with Gasteiger partial charge in [0, 0.05) is 5.02 Å². The summed E-state index contributed by atoms with van der Waals surface area (Å²) in [4.78, 5) is 0. The quantitative estimate of drug-likeness (QED) is 0.766. The molecule has 0 atom stereocenters. The van der Waals surface area contributed by atoms with Crippen LogP contribution in [-0.2, 0) is 6.61 Å². The van der Waals surface area contributed by atoms with Gasteiger partial charge in [0.05, 0.1) is 0 Å². The number of hydrogen-bond donors (Lipinski definition) is 0. The van der Waals surface area contributed by atoms with Crippen LogP contribution in [0.1, 0.15) is 11.1 Å². The van der Waals surface area contributed by atoms with Gasteiger partial charge in [0.15, 0.2) is 0 Å². The van der Waals surface area contributed by atoms with Crippen LogP contribution in [0.15, 0.2) is 55.1 Å². The fraction of sp³-hybridized carbons (Fsp3) is 0.0667. The van der Waals surface area contributed by atoms with E-state index in [1.165, 1.54) is 0 Å². The lowest BCUT2D eigenvalue weighted by molar-refractivity contribution is 0.306. The van der Waals surface area contributed by atoms with E-state index in [1.54, 1.807) is 0 Å². The van der Waals surface area contributed by atoms with Crippen molar-refractivity contribution in [2.75, 3.05) is 0 Å². The third-order valence-corrected chi connectivity index (χ3v) is 2.69. The lowest BCUT2D eigenvalue weighted by Crippen LogP contribution is -1.94. The standard InChI is InChI=1S/C15H13ClO/c1-2-12-3-5-13(6-4-12)11-17-15-9-7-14(16)8-10-15/h2-10H,1,11H2. The topological polar surface area (TPSA) is 9.23 Å². The Morgan fingerprint density at radius 3 is 2.24 bits per heavy atom. The molecule has 2 rings (SSSR count). The van der Waals surface area contributed by atoms with E-state index < -0.39 is 0 Å². The molecule has 0 saturated carbocycles. The van der Waals surface area contributed by atoms with E-state index in [2.05, 4.69) is 6.58 Å². The molecule has 2 heteroatoms. The lowest BCUT2D eigenvalue weighted by atomic mass is 10.1. The Morgan fingerprint density at radius 2 is 1.65 bits per heavy atom. The molecule has 0 fully saturated rings. The molecule has 0 heterocycles. The van der Waals surface area contributed by atoms with Gasteiger partial charge < -0.3 is 4.74 Å². The molecule has 86 valence electrons. The highest BCUT2D eigenvalue weighted by molar-refractivity contribution is 6.30. The van der Waals surface area contributed by atoms with Gasteiger partial charge in [0.2, 0.25) is 0 Å². The summed E-state index contributed by atoms with van der Waals surface area (Å²) in [7, 11) is 0. The third-order valence-electron chi connectivity index (χ3n) is 2.43. The Bertz CT molecular complexity index is 485. The SMILES string of the molecule is C=Cc1ccc(COc2ccc(Cl)cc2)cc1. The van der Waals surface area contributed by atoms with Crippen LogP contribution in [0, 0.1) is 0 Å². The summed E-state index contributed by atoms with van der Waals surface area (Å²) < 4.78 is 5.64. The predicted octanol–water partition coefficient (Wildman–Crippen LogP) is 4.56. The van der Waals surface area contributed by atoms with Crippen molar-refractivity contribution >= 4 is 17.7 Å². The number of ether oxygens (including phenoxy) is 1.